The van der Waals surface area contributed by atoms with Crippen molar-refractivity contribution in [1.29, 1.82) is 0 Å². The minimum atomic E-state index is 0.220. The summed E-state index contributed by atoms with van der Waals surface area (Å²) in [4.78, 5) is 13.3. The van der Waals surface area contributed by atoms with E-state index in [2.05, 4.69) is 34.6 Å². The Kier molecular flexibility index (Phi) is 3.36. The standard InChI is InChI=1S/C12H23NO/c1-9(2)10-6-7-13(8-11(10)14)12(3,4)5/h9-10H,6-8H2,1-5H3/p+1/t10-/m1/s1. The van der Waals surface area contributed by atoms with Crippen molar-refractivity contribution in [2.24, 2.45) is 11.8 Å². The molecule has 1 aliphatic rings. The number of carbonyl (C=O) groups excluding carboxylic acids is 1. The van der Waals surface area contributed by atoms with Crippen LogP contribution in [0, 0.1) is 11.8 Å². The van der Waals surface area contributed by atoms with Gasteiger partial charge in [-0.15, -0.1) is 0 Å². The number of rotatable bonds is 1. The van der Waals surface area contributed by atoms with Crippen molar-refractivity contribution < 1.29 is 9.69 Å². The van der Waals surface area contributed by atoms with Crippen molar-refractivity contribution in [3.8, 4) is 0 Å². The number of ketones is 1. The molecule has 1 rings (SSSR count). The van der Waals surface area contributed by atoms with Crippen LogP contribution in [0.15, 0.2) is 0 Å². The first kappa shape index (κ1) is 11.7. The van der Waals surface area contributed by atoms with Gasteiger partial charge in [-0.05, 0) is 26.7 Å². The zero-order valence-electron chi connectivity index (χ0n) is 10.2. The SMILES string of the molecule is CC(C)[C@H]1CC[NH+](C(C)(C)C)CC1=O. The molecular weight excluding hydrogens is 174 g/mol. The second kappa shape index (κ2) is 4.01. The first-order valence-corrected chi connectivity index (χ1v) is 5.70. The summed E-state index contributed by atoms with van der Waals surface area (Å²) in [6, 6.07) is 0. The molecule has 1 saturated heterocycles. The molecule has 1 aliphatic heterocycles. The van der Waals surface area contributed by atoms with Gasteiger partial charge in [-0.3, -0.25) is 4.79 Å². The number of piperidine rings is 1. The number of likely N-dealkylation sites (tertiary alicyclic amines) is 1. The van der Waals surface area contributed by atoms with Crippen molar-refractivity contribution in [3.05, 3.63) is 0 Å². The molecule has 0 amide bonds. The van der Waals surface area contributed by atoms with Crippen molar-refractivity contribution in [2.75, 3.05) is 13.1 Å². The maximum absolute atomic E-state index is 11.9. The summed E-state index contributed by atoms with van der Waals surface area (Å²) < 4.78 is 0. The Hall–Kier alpha value is -0.370. The van der Waals surface area contributed by atoms with Crippen LogP contribution in [-0.4, -0.2) is 24.4 Å². The third kappa shape index (κ3) is 2.57. The highest BCUT2D eigenvalue weighted by Crippen LogP contribution is 2.17. The molecule has 1 unspecified atom stereocenters. The number of nitrogens with one attached hydrogen (secondary N) is 1. The first-order chi connectivity index (χ1) is 6.32. The van der Waals surface area contributed by atoms with Gasteiger partial charge in [0.2, 0.25) is 0 Å². The van der Waals surface area contributed by atoms with E-state index < -0.39 is 0 Å². The molecule has 0 radical (unpaired) electrons. The van der Waals surface area contributed by atoms with Gasteiger partial charge in [0, 0.05) is 12.3 Å². The predicted octanol–water partition coefficient (Wildman–Crippen LogP) is 0.915. The van der Waals surface area contributed by atoms with Crippen LogP contribution in [0.3, 0.4) is 0 Å². The summed E-state index contributed by atoms with van der Waals surface area (Å²) >= 11 is 0. The van der Waals surface area contributed by atoms with Crippen molar-refractivity contribution in [1.82, 2.24) is 0 Å². The summed E-state index contributed by atoms with van der Waals surface area (Å²) in [7, 11) is 0. The smallest absolute Gasteiger partial charge is 0.190 e. The van der Waals surface area contributed by atoms with Crippen LogP contribution < -0.4 is 4.90 Å². The molecule has 0 aliphatic carbocycles. The normalized spacial score (nSPS) is 29.7. The van der Waals surface area contributed by atoms with Gasteiger partial charge in [0.05, 0.1) is 12.1 Å². The third-order valence-corrected chi connectivity index (χ3v) is 3.42. The molecule has 82 valence electrons. The van der Waals surface area contributed by atoms with Gasteiger partial charge in [0.1, 0.15) is 6.54 Å². The van der Waals surface area contributed by atoms with E-state index in [-0.39, 0.29) is 5.54 Å². The summed E-state index contributed by atoms with van der Waals surface area (Å²) in [6.45, 7) is 12.8. The van der Waals surface area contributed by atoms with Crippen molar-refractivity contribution >= 4 is 5.78 Å². The fourth-order valence-electron chi connectivity index (χ4n) is 2.27. The molecule has 0 bridgehead atoms. The lowest BCUT2D eigenvalue weighted by molar-refractivity contribution is -0.942. The topological polar surface area (TPSA) is 21.5 Å². The molecule has 2 heteroatoms. The minimum Gasteiger partial charge on any atom is -0.325 e. The Morgan fingerprint density at radius 1 is 1.36 bits per heavy atom. The van der Waals surface area contributed by atoms with Crippen LogP contribution in [0.2, 0.25) is 0 Å². The number of carbonyl (C=O) groups is 1. The lowest BCUT2D eigenvalue weighted by atomic mass is 9.84. The van der Waals surface area contributed by atoms with Crippen LogP contribution in [0.1, 0.15) is 41.0 Å². The predicted molar refractivity (Wildman–Crippen MR) is 58.4 cm³/mol. The minimum absolute atomic E-state index is 0.220. The molecule has 2 atom stereocenters. The Morgan fingerprint density at radius 2 is 1.93 bits per heavy atom. The molecule has 1 fully saturated rings. The van der Waals surface area contributed by atoms with Gasteiger partial charge in [0.15, 0.2) is 5.78 Å². The average molecular weight is 198 g/mol. The van der Waals surface area contributed by atoms with Crippen LogP contribution in [0.25, 0.3) is 0 Å². The zero-order valence-corrected chi connectivity index (χ0v) is 10.2. The molecule has 0 aromatic carbocycles. The highest BCUT2D eigenvalue weighted by Gasteiger charge is 2.36. The number of hydrogen-bond donors (Lipinski definition) is 1. The maximum Gasteiger partial charge on any atom is 0.190 e. The van der Waals surface area contributed by atoms with Crippen molar-refractivity contribution in [3.63, 3.8) is 0 Å². The van der Waals surface area contributed by atoms with E-state index in [1.54, 1.807) is 0 Å². The summed E-state index contributed by atoms with van der Waals surface area (Å²) in [5.41, 5.74) is 0.220. The number of Topliss-reactive ketones (excluding diaryl/α,β-unsaturated/α-hetero) is 1. The van der Waals surface area contributed by atoms with Crippen LogP contribution in [0.5, 0.6) is 0 Å². The monoisotopic (exact) mass is 198 g/mol. The summed E-state index contributed by atoms with van der Waals surface area (Å²) in [6.07, 6.45) is 1.07. The molecule has 0 aromatic rings. The Morgan fingerprint density at radius 3 is 2.29 bits per heavy atom. The molecule has 14 heavy (non-hydrogen) atoms. The van der Waals surface area contributed by atoms with Gasteiger partial charge in [-0.1, -0.05) is 13.8 Å². The van der Waals surface area contributed by atoms with Crippen LogP contribution in [0.4, 0.5) is 0 Å². The molecule has 0 aromatic heterocycles. The van der Waals surface area contributed by atoms with E-state index in [4.69, 9.17) is 0 Å². The van der Waals surface area contributed by atoms with E-state index in [1.165, 1.54) is 4.90 Å². The molecule has 1 heterocycles. The number of hydrogen-bond acceptors (Lipinski definition) is 1. The van der Waals surface area contributed by atoms with Crippen LogP contribution in [-0.2, 0) is 4.79 Å². The lowest BCUT2D eigenvalue weighted by Gasteiger charge is -2.37. The maximum atomic E-state index is 11.9. The molecular formula is C12H24NO+. The zero-order chi connectivity index (χ0) is 10.9. The lowest BCUT2D eigenvalue weighted by Crippen LogP contribution is -3.20. The second-order valence-electron chi connectivity index (χ2n) is 5.89. The fraction of sp³-hybridized carbons (Fsp3) is 0.917. The molecule has 1 N–H and O–H groups in total. The van der Waals surface area contributed by atoms with Gasteiger partial charge in [-0.25, -0.2) is 0 Å². The molecule has 2 nitrogen and oxygen atoms in total. The highest BCUT2D eigenvalue weighted by atomic mass is 16.1. The average Bonchev–Trinajstić information content (AvgIpc) is 2.01. The van der Waals surface area contributed by atoms with E-state index in [1.807, 2.05) is 0 Å². The number of quaternary nitrogens is 1. The van der Waals surface area contributed by atoms with Crippen molar-refractivity contribution in [2.45, 2.75) is 46.6 Å². The first-order valence-electron chi connectivity index (χ1n) is 5.70. The summed E-state index contributed by atoms with van der Waals surface area (Å²) in [5.74, 6) is 1.31. The van der Waals surface area contributed by atoms with E-state index in [0.717, 1.165) is 19.5 Å². The Bertz CT molecular complexity index is 215. The molecule has 0 spiro atoms. The van der Waals surface area contributed by atoms with E-state index in [9.17, 15) is 4.79 Å². The molecule has 0 saturated carbocycles. The third-order valence-electron chi connectivity index (χ3n) is 3.42. The van der Waals surface area contributed by atoms with Gasteiger partial charge >= 0.3 is 0 Å². The van der Waals surface area contributed by atoms with E-state index in [0.29, 0.717) is 17.6 Å². The van der Waals surface area contributed by atoms with Gasteiger partial charge in [0.25, 0.3) is 0 Å². The Labute approximate surface area is 87.7 Å². The summed E-state index contributed by atoms with van der Waals surface area (Å²) in [5, 5.41) is 0. The quantitative estimate of drug-likeness (QED) is 0.664. The highest BCUT2D eigenvalue weighted by molar-refractivity contribution is 5.82. The second-order valence-corrected chi connectivity index (χ2v) is 5.89. The largest absolute Gasteiger partial charge is 0.325 e. The van der Waals surface area contributed by atoms with E-state index >= 15 is 0 Å². The van der Waals surface area contributed by atoms with Crippen LogP contribution >= 0.6 is 0 Å². The van der Waals surface area contributed by atoms with Gasteiger partial charge < -0.3 is 4.90 Å². The fourth-order valence-corrected chi connectivity index (χ4v) is 2.27. The Balaban J connectivity index is 2.60. The van der Waals surface area contributed by atoms with Gasteiger partial charge in [-0.2, -0.15) is 0 Å².